The summed E-state index contributed by atoms with van der Waals surface area (Å²) in [6.45, 7) is 0.918. The number of carbonyl (C=O) groups is 2. The van der Waals surface area contributed by atoms with Crippen LogP contribution in [-0.2, 0) is 16.1 Å². The molecule has 0 saturated carbocycles. The van der Waals surface area contributed by atoms with Gasteiger partial charge in [-0.2, -0.15) is 0 Å². The zero-order valence-electron chi connectivity index (χ0n) is 18.8. The molecule has 1 atom stereocenters. The van der Waals surface area contributed by atoms with Crippen LogP contribution in [0.15, 0.2) is 66.8 Å². The molecule has 1 aliphatic heterocycles. The molecule has 1 saturated heterocycles. The lowest BCUT2D eigenvalue weighted by molar-refractivity contribution is -0.140. The summed E-state index contributed by atoms with van der Waals surface area (Å²) in [6, 6.07) is 11.0. The number of aryl methyl sites for hydroxylation is 1. The summed E-state index contributed by atoms with van der Waals surface area (Å²) in [7, 11) is 3.01. The molecule has 176 valence electrons. The molecule has 0 unspecified atom stereocenters. The number of halogens is 1. The molecule has 0 aliphatic carbocycles. The summed E-state index contributed by atoms with van der Waals surface area (Å²) in [5.41, 5.74) is 0.897. The number of hydrogen-bond donors (Lipinski definition) is 1. The number of benzene rings is 2. The molecular weight excluding hydrogens is 458 g/mol. The minimum Gasteiger partial charge on any atom is -0.507 e. The molecule has 8 nitrogen and oxygen atoms in total. The van der Waals surface area contributed by atoms with Gasteiger partial charge in [0.25, 0.3) is 11.7 Å². The smallest absolute Gasteiger partial charge is 0.295 e. The fourth-order valence-corrected chi connectivity index (χ4v) is 4.40. The molecule has 4 rings (SSSR count). The van der Waals surface area contributed by atoms with E-state index in [1.165, 1.54) is 25.2 Å². The summed E-state index contributed by atoms with van der Waals surface area (Å²) in [4.78, 5) is 31.8. The second-order valence-electron chi connectivity index (χ2n) is 7.74. The lowest BCUT2D eigenvalue weighted by Crippen LogP contribution is -2.31. The van der Waals surface area contributed by atoms with Crippen molar-refractivity contribution < 1.29 is 24.2 Å². The number of ketones is 1. The van der Waals surface area contributed by atoms with Crippen LogP contribution in [0.4, 0.5) is 0 Å². The van der Waals surface area contributed by atoms with Crippen LogP contribution >= 0.6 is 11.6 Å². The summed E-state index contributed by atoms with van der Waals surface area (Å²) in [5, 5.41) is 11.5. The maximum atomic E-state index is 13.2. The van der Waals surface area contributed by atoms with Gasteiger partial charge in [-0.25, -0.2) is 4.98 Å². The Hall–Kier alpha value is -3.78. The SMILES string of the molecule is COc1ccc(C(O)=C2C(=O)C(=O)N(CCCn3ccnc3)[C@H]2c2ccccc2OC)cc1Cl. The second kappa shape index (κ2) is 10.0. The summed E-state index contributed by atoms with van der Waals surface area (Å²) < 4.78 is 12.6. The predicted molar refractivity (Wildman–Crippen MR) is 127 cm³/mol. The minimum absolute atomic E-state index is 0.0154. The summed E-state index contributed by atoms with van der Waals surface area (Å²) in [5.74, 6) is -0.811. The third-order valence-electron chi connectivity index (χ3n) is 5.77. The highest BCUT2D eigenvalue weighted by molar-refractivity contribution is 6.46. The fourth-order valence-electron chi connectivity index (χ4n) is 4.14. The number of methoxy groups -OCH3 is 2. The Labute approximate surface area is 202 Å². The van der Waals surface area contributed by atoms with Crippen molar-refractivity contribution in [3.05, 3.63) is 82.9 Å². The van der Waals surface area contributed by atoms with Gasteiger partial charge in [0.1, 0.15) is 17.3 Å². The lowest BCUT2D eigenvalue weighted by Gasteiger charge is -2.26. The van der Waals surface area contributed by atoms with Gasteiger partial charge in [0.15, 0.2) is 0 Å². The molecule has 0 spiro atoms. The van der Waals surface area contributed by atoms with Crippen molar-refractivity contribution in [2.45, 2.75) is 19.0 Å². The average Bonchev–Trinajstić information content (AvgIpc) is 3.45. The number of hydrogen-bond acceptors (Lipinski definition) is 6. The van der Waals surface area contributed by atoms with E-state index in [1.54, 1.807) is 48.9 Å². The van der Waals surface area contributed by atoms with Crippen LogP contribution in [0.3, 0.4) is 0 Å². The Morgan fingerprint density at radius 1 is 1.09 bits per heavy atom. The number of aliphatic hydroxyl groups excluding tert-OH is 1. The van der Waals surface area contributed by atoms with Crippen molar-refractivity contribution in [1.29, 1.82) is 0 Å². The summed E-state index contributed by atoms with van der Waals surface area (Å²) >= 11 is 6.24. The topological polar surface area (TPSA) is 93.9 Å². The number of amides is 1. The van der Waals surface area contributed by atoms with Crippen LogP contribution in [0.25, 0.3) is 5.76 Å². The van der Waals surface area contributed by atoms with Gasteiger partial charge in [0.2, 0.25) is 0 Å². The number of Topliss-reactive ketones (excluding diaryl/α,β-unsaturated/α-hetero) is 1. The van der Waals surface area contributed by atoms with Gasteiger partial charge in [0, 0.05) is 36.6 Å². The standard InChI is InChI=1S/C25H24ClN3O5/c1-33-19-7-4-3-6-17(19)22-21(23(30)16-8-9-20(34-2)18(26)14-16)24(31)25(32)29(22)12-5-11-28-13-10-27-15-28/h3-4,6-10,13-15,22,30H,5,11-12H2,1-2H3/t22-/m0/s1. The van der Waals surface area contributed by atoms with Crippen LogP contribution in [-0.4, -0.2) is 52.0 Å². The first-order valence-electron chi connectivity index (χ1n) is 10.7. The van der Waals surface area contributed by atoms with Gasteiger partial charge < -0.3 is 24.0 Å². The minimum atomic E-state index is -0.820. The lowest BCUT2D eigenvalue weighted by atomic mass is 9.94. The molecule has 3 aromatic rings. The Bertz CT molecular complexity index is 1240. The number of imidazole rings is 1. The highest BCUT2D eigenvalue weighted by Crippen LogP contribution is 2.43. The number of aliphatic hydroxyl groups is 1. The molecule has 2 aromatic carbocycles. The number of aromatic nitrogens is 2. The molecule has 34 heavy (non-hydrogen) atoms. The number of carbonyl (C=O) groups excluding carboxylic acids is 2. The maximum Gasteiger partial charge on any atom is 0.295 e. The zero-order valence-corrected chi connectivity index (χ0v) is 19.5. The molecule has 9 heteroatoms. The number of rotatable bonds is 8. The van der Waals surface area contributed by atoms with Crippen LogP contribution in [0.2, 0.25) is 5.02 Å². The molecule has 0 bridgehead atoms. The number of para-hydroxylation sites is 1. The molecule has 1 amide bonds. The Kier molecular flexibility index (Phi) is 6.88. The van der Waals surface area contributed by atoms with Gasteiger partial charge in [-0.15, -0.1) is 0 Å². The first-order valence-corrected chi connectivity index (χ1v) is 11.0. The van der Waals surface area contributed by atoms with Crippen molar-refractivity contribution in [3.8, 4) is 11.5 Å². The Balaban J connectivity index is 1.78. The third-order valence-corrected chi connectivity index (χ3v) is 6.07. The van der Waals surface area contributed by atoms with E-state index in [2.05, 4.69) is 4.98 Å². The number of likely N-dealkylation sites (tertiary alicyclic amines) is 1. The monoisotopic (exact) mass is 481 g/mol. The quantitative estimate of drug-likeness (QED) is 0.296. The zero-order chi connectivity index (χ0) is 24.2. The Morgan fingerprint density at radius 2 is 1.85 bits per heavy atom. The molecule has 1 N–H and O–H groups in total. The highest BCUT2D eigenvalue weighted by atomic mass is 35.5. The van der Waals surface area contributed by atoms with E-state index in [0.29, 0.717) is 42.1 Å². The highest BCUT2D eigenvalue weighted by Gasteiger charge is 2.46. The van der Waals surface area contributed by atoms with Crippen molar-refractivity contribution in [3.63, 3.8) is 0 Å². The molecule has 1 aliphatic rings. The van der Waals surface area contributed by atoms with Gasteiger partial charge in [0.05, 0.1) is 37.2 Å². The van der Waals surface area contributed by atoms with Gasteiger partial charge in [-0.3, -0.25) is 9.59 Å². The summed E-state index contributed by atoms with van der Waals surface area (Å²) in [6.07, 6.45) is 5.79. The van der Waals surface area contributed by atoms with Crippen LogP contribution in [0.5, 0.6) is 11.5 Å². The molecule has 1 fully saturated rings. The number of ether oxygens (including phenoxy) is 2. The Morgan fingerprint density at radius 3 is 2.53 bits per heavy atom. The molecule has 0 radical (unpaired) electrons. The van der Waals surface area contributed by atoms with Crippen molar-refractivity contribution >= 4 is 29.1 Å². The van der Waals surface area contributed by atoms with Crippen LogP contribution < -0.4 is 9.47 Å². The van der Waals surface area contributed by atoms with Crippen LogP contribution in [0, 0.1) is 0 Å². The van der Waals surface area contributed by atoms with E-state index >= 15 is 0 Å². The number of nitrogens with zero attached hydrogens (tertiary/aromatic N) is 3. The maximum absolute atomic E-state index is 13.2. The molecule has 2 heterocycles. The van der Waals surface area contributed by atoms with Crippen molar-refractivity contribution in [2.24, 2.45) is 0 Å². The largest absolute Gasteiger partial charge is 0.507 e. The van der Waals surface area contributed by atoms with Crippen LogP contribution in [0.1, 0.15) is 23.6 Å². The normalized spacial score (nSPS) is 17.3. The van der Waals surface area contributed by atoms with Crippen molar-refractivity contribution in [2.75, 3.05) is 20.8 Å². The average molecular weight is 482 g/mol. The van der Waals surface area contributed by atoms with E-state index in [9.17, 15) is 14.7 Å². The third kappa shape index (κ3) is 4.36. The van der Waals surface area contributed by atoms with E-state index in [-0.39, 0.29) is 16.4 Å². The van der Waals surface area contributed by atoms with Gasteiger partial charge in [-0.05, 0) is 30.7 Å². The molecular formula is C25H24ClN3O5. The van der Waals surface area contributed by atoms with E-state index in [0.717, 1.165) is 0 Å². The predicted octanol–water partition coefficient (Wildman–Crippen LogP) is 4.07. The van der Waals surface area contributed by atoms with Crippen molar-refractivity contribution in [1.82, 2.24) is 14.5 Å². The second-order valence-corrected chi connectivity index (χ2v) is 8.15. The molecule has 1 aromatic heterocycles. The van der Waals surface area contributed by atoms with Gasteiger partial charge >= 0.3 is 0 Å². The first-order chi connectivity index (χ1) is 16.5. The fraction of sp³-hybridized carbons (Fsp3) is 0.240. The van der Waals surface area contributed by atoms with Gasteiger partial charge in [-0.1, -0.05) is 29.8 Å². The van der Waals surface area contributed by atoms with E-state index in [1.807, 2.05) is 10.8 Å². The first kappa shape index (κ1) is 23.4. The van der Waals surface area contributed by atoms with E-state index < -0.39 is 17.7 Å². The van der Waals surface area contributed by atoms with E-state index in [4.69, 9.17) is 21.1 Å².